The van der Waals surface area contributed by atoms with Crippen molar-refractivity contribution in [1.29, 1.82) is 0 Å². The average molecular weight is 190 g/mol. The molecule has 0 unspecified atom stereocenters. The van der Waals surface area contributed by atoms with Crippen LogP contribution in [0.25, 0.3) is 0 Å². The molecule has 5 nitrogen and oxygen atoms in total. The van der Waals surface area contributed by atoms with Crippen LogP contribution >= 0.6 is 0 Å². The van der Waals surface area contributed by atoms with Gasteiger partial charge in [0.05, 0.1) is 18.4 Å². The second kappa shape index (κ2) is 4.81. The van der Waals surface area contributed by atoms with E-state index in [1.807, 2.05) is 0 Å². The summed E-state index contributed by atoms with van der Waals surface area (Å²) in [4.78, 5) is 21.5. The number of carboxylic acid groups (broad SMARTS) is 1. The zero-order valence-corrected chi connectivity index (χ0v) is 7.74. The summed E-state index contributed by atoms with van der Waals surface area (Å²) in [6, 6.07) is 0. The lowest BCUT2D eigenvalue weighted by atomic mass is 9.90. The normalized spacial score (nSPS) is 11.0. The van der Waals surface area contributed by atoms with E-state index in [1.165, 1.54) is 13.8 Å². The van der Waals surface area contributed by atoms with E-state index < -0.39 is 17.4 Å². The molecule has 5 heteroatoms. The number of hydrogen-bond acceptors (Lipinski definition) is 4. The number of aliphatic hydroxyl groups excluding tert-OH is 1. The molecule has 0 saturated carbocycles. The second-order valence-corrected chi connectivity index (χ2v) is 3.31. The van der Waals surface area contributed by atoms with E-state index in [2.05, 4.69) is 4.74 Å². The molecule has 0 aromatic carbocycles. The first-order valence-corrected chi connectivity index (χ1v) is 3.90. The molecule has 0 amide bonds. The summed E-state index contributed by atoms with van der Waals surface area (Å²) in [7, 11) is 0. The van der Waals surface area contributed by atoms with Gasteiger partial charge >= 0.3 is 11.9 Å². The molecule has 76 valence electrons. The molecule has 0 heterocycles. The van der Waals surface area contributed by atoms with E-state index in [4.69, 9.17) is 10.2 Å². The van der Waals surface area contributed by atoms with Crippen molar-refractivity contribution in [2.45, 2.75) is 20.3 Å². The van der Waals surface area contributed by atoms with Gasteiger partial charge in [0.15, 0.2) is 0 Å². The van der Waals surface area contributed by atoms with Crippen molar-refractivity contribution in [3.63, 3.8) is 0 Å². The summed E-state index contributed by atoms with van der Waals surface area (Å²) in [5.74, 6) is -1.66. The first-order valence-electron chi connectivity index (χ1n) is 3.90. The Hall–Kier alpha value is -1.10. The molecule has 0 aliphatic carbocycles. The van der Waals surface area contributed by atoms with Crippen LogP contribution < -0.4 is 0 Å². The quantitative estimate of drug-likeness (QED) is 0.597. The number of carbonyl (C=O) groups excluding carboxylic acids is 1. The molecule has 0 atom stereocenters. The van der Waals surface area contributed by atoms with Gasteiger partial charge in [-0.3, -0.25) is 9.59 Å². The molecule has 0 fully saturated rings. The lowest BCUT2D eigenvalue weighted by Gasteiger charge is -2.17. The first-order chi connectivity index (χ1) is 5.90. The minimum atomic E-state index is -1.12. The van der Waals surface area contributed by atoms with Crippen LogP contribution in [0.4, 0.5) is 0 Å². The van der Waals surface area contributed by atoms with Crippen molar-refractivity contribution >= 4 is 11.9 Å². The number of aliphatic carboxylic acids is 1. The highest BCUT2D eigenvalue weighted by Crippen LogP contribution is 2.20. The molecule has 0 radical (unpaired) electrons. The largest absolute Gasteiger partial charge is 0.481 e. The van der Waals surface area contributed by atoms with Crippen LogP contribution in [0.1, 0.15) is 20.3 Å². The summed E-state index contributed by atoms with van der Waals surface area (Å²) < 4.78 is 4.52. The molecule has 0 aromatic heterocycles. The van der Waals surface area contributed by atoms with E-state index in [-0.39, 0.29) is 19.6 Å². The van der Waals surface area contributed by atoms with Crippen LogP contribution in [0.5, 0.6) is 0 Å². The molecule has 0 spiro atoms. The molecule has 0 aromatic rings. The number of rotatable bonds is 5. The van der Waals surface area contributed by atoms with Crippen molar-refractivity contribution < 1.29 is 24.5 Å². The highest BCUT2D eigenvalue weighted by atomic mass is 16.5. The maximum absolute atomic E-state index is 10.9. The molecular formula is C8H14O5. The fraction of sp³-hybridized carbons (Fsp3) is 0.750. The fourth-order valence-electron chi connectivity index (χ4n) is 0.647. The van der Waals surface area contributed by atoms with Crippen LogP contribution in [0, 0.1) is 5.41 Å². The number of carboxylic acids is 1. The molecule has 0 aliphatic heterocycles. The molecule has 0 bridgehead atoms. The highest BCUT2D eigenvalue weighted by molar-refractivity contribution is 5.81. The van der Waals surface area contributed by atoms with Crippen molar-refractivity contribution in [2.24, 2.45) is 5.41 Å². The molecular weight excluding hydrogens is 176 g/mol. The first kappa shape index (κ1) is 11.9. The molecule has 2 N–H and O–H groups in total. The second-order valence-electron chi connectivity index (χ2n) is 3.31. The summed E-state index contributed by atoms with van der Waals surface area (Å²) in [6.07, 6.45) is -0.192. The van der Waals surface area contributed by atoms with Crippen LogP contribution in [0.2, 0.25) is 0 Å². The monoisotopic (exact) mass is 190 g/mol. The molecule has 0 rings (SSSR count). The molecule has 0 aliphatic rings. The van der Waals surface area contributed by atoms with Gasteiger partial charge in [-0.05, 0) is 13.8 Å². The fourth-order valence-corrected chi connectivity index (χ4v) is 0.647. The summed E-state index contributed by atoms with van der Waals surface area (Å²) >= 11 is 0. The third-order valence-corrected chi connectivity index (χ3v) is 1.52. The van der Waals surface area contributed by atoms with E-state index in [9.17, 15) is 9.59 Å². The average Bonchev–Trinajstić information content (AvgIpc) is 1.99. The van der Waals surface area contributed by atoms with Crippen molar-refractivity contribution in [3.05, 3.63) is 0 Å². The Bertz CT molecular complexity index is 197. The topological polar surface area (TPSA) is 83.8 Å². The van der Waals surface area contributed by atoms with Crippen molar-refractivity contribution in [3.8, 4) is 0 Å². The van der Waals surface area contributed by atoms with Gasteiger partial charge in [-0.25, -0.2) is 0 Å². The SMILES string of the molecule is CC(C)(CC(=O)OCCO)C(=O)O. The predicted octanol–water partition coefficient (Wildman–Crippen LogP) is 0.0228. The molecule has 13 heavy (non-hydrogen) atoms. The maximum Gasteiger partial charge on any atom is 0.309 e. The molecule has 0 saturated heterocycles. The van der Waals surface area contributed by atoms with Gasteiger partial charge in [0.25, 0.3) is 0 Å². The summed E-state index contributed by atoms with van der Waals surface area (Å²) in [5.41, 5.74) is -1.12. The summed E-state index contributed by atoms with van der Waals surface area (Å²) in [5, 5.41) is 17.0. The number of ether oxygens (including phenoxy) is 1. The van der Waals surface area contributed by atoms with Gasteiger partial charge in [-0.2, -0.15) is 0 Å². The zero-order valence-electron chi connectivity index (χ0n) is 7.74. The maximum atomic E-state index is 10.9. The Balaban J connectivity index is 3.97. The van der Waals surface area contributed by atoms with Crippen LogP contribution in [0.3, 0.4) is 0 Å². The Labute approximate surface area is 76.3 Å². The Morgan fingerprint density at radius 2 is 1.92 bits per heavy atom. The third-order valence-electron chi connectivity index (χ3n) is 1.52. The van der Waals surface area contributed by atoms with Gasteiger partial charge < -0.3 is 14.9 Å². The van der Waals surface area contributed by atoms with Gasteiger partial charge in [0, 0.05) is 0 Å². The minimum Gasteiger partial charge on any atom is -0.481 e. The van der Waals surface area contributed by atoms with Gasteiger partial charge in [-0.15, -0.1) is 0 Å². The Kier molecular flexibility index (Phi) is 4.40. The Morgan fingerprint density at radius 3 is 2.31 bits per heavy atom. The van der Waals surface area contributed by atoms with E-state index in [1.54, 1.807) is 0 Å². The predicted molar refractivity (Wildman–Crippen MR) is 44.1 cm³/mol. The third kappa shape index (κ3) is 4.47. The van der Waals surface area contributed by atoms with E-state index >= 15 is 0 Å². The van der Waals surface area contributed by atoms with Crippen molar-refractivity contribution in [1.82, 2.24) is 0 Å². The van der Waals surface area contributed by atoms with Gasteiger partial charge in [0.2, 0.25) is 0 Å². The summed E-state index contributed by atoms with van der Waals surface area (Å²) in [6.45, 7) is 2.54. The number of aliphatic hydroxyl groups is 1. The standard InChI is InChI=1S/C8H14O5/c1-8(2,7(11)12)5-6(10)13-4-3-9/h9H,3-5H2,1-2H3,(H,11,12). The van der Waals surface area contributed by atoms with Crippen LogP contribution in [0.15, 0.2) is 0 Å². The van der Waals surface area contributed by atoms with E-state index in [0.29, 0.717) is 0 Å². The highest BCUT2D eigenvalue weighted by Gasteiger charge is 2.30. The number of esters is 1. The zero-order chi connectivity index (χ0) is 10.5. The lowest BCUT2D eigenvalue weighted by molar-refractivity contribution is -0.156. The minimum absolute atomic E-state index is 0.0888. The number of carbonyl (C=O) groups is 2. The van der Waals surface area contributed by atoms with Crippen LogP contribution in [-0.2, 0) is 14.3 Å². The smallest absolute Gasteiger partial charge is 0.309 e. The van der Waals surface area contributed by atoms with Crippen molar-refractivity contribution in [2.75, 3.05) is 13.2 Å². The Morgan fingerprint density at radius 1 is 1.38 bits per heavy atom. The van der Waals surface area contributed by atoms with Crippen LogP contribution in [-0.4, -0.2) is 35.4 Å². The lowest BCUT2D eigenvalue weighted by Crippen LogP contribution is -2.28. The number of hydrogen-bond donors (Lipinski definition) is 2. The van der Waals surface area contributed by atoms with E-state index in [0.717, 1.165) is 0 Å². The van der Waals surface area contributed by atoms with Gasteiger partial charge in [-0.1, -0.05) is 0 Å². The van der Waals surface area contributed by atoms with Gasteiger partial charge in [0.1, 0.15) is 6.61 Å².